The van der Waals surface area contributed by atoms with E-state index >= 15 is 0 Å². The van der Waals surface area contributed by atoms with Crippen molar-refractivity contribution in [2.45, 2.75) is 6.04 Å². The lowest BCUT2D eigenvalue weighted by molar-refractivity contribution is -0.141. The number of nitrogens with one attached hydrogen (secondary N) is 1. The number of carbonyl (C=O) groups is 1. The number of methoxy groups -OCH3 is 1. The van der Waals surface area contributed by atoms with Crippen molar-refractivity contribution in [3.05, 3.63) is 50.9 Å². The summed E-state index contributed by atoms with van der Waals surface area (Å²) >= 11 is 4.76. The third-order valence-corrected chi connectivity index (χ3v) is 4.20. The highest BCUT2D eigenvalue weighted by Gasteiger charge is 2.23. The topological polar surface area (TPSA) is 38.3 Å². The lowest BCUT2D eigenvalue weighted by atomic mass is 10.2. The highest BCUT2D eigenvalue weighted by Crippen LogP contribution is 2.29. The van der Waals surface area contributed by atoms with Crippen LogP contribution in [-0.2, 0) is 9.53 Å². The van der Waals surface area contributed by atoms with Crippen LogP contribution in [0, 0.1) is 5.82 Å². The van der Waals surface area contributed by atoms with Gasteiger partial charge in [0.2, 0.25) is 0 Å². The van der Waals surface area contributed by atoms with E-state index in [-0.39, 0.29) is 5.82 Å². The molecule has 3 nitrogen and oxygen atoms in total. The summed E-state index contributed by atoms with van der Waals surface area (Å²) in [6.07, 6.45) is 0. The minimum Gasteiger partial charge on any atom is -0.467 e. The number of hydrogen-bond acceptors (Lipinski definition) is 4. The number of carbonyl (C=O) groups excluding carboxylic acids is 1. The maximum absolute atomic E-state index is 13.1. The molecule has 1 N–H and O–H groups in total. The maximum Gasteiger partial charge on any atom is 0.333 e. The second-order valence-electron chi connectivity index (χ2n) is 3.78. The number of halogens is 2. The Bertz CT molecular complexity index is 588. The summed E-state index contributed by atoms with van der Waals surface area (Å²) < 4.78 is 18.8. The Morgan fingerprint density at radius 3 is 2.84 bits per heavy atom. The molecule has 1 atom stereocenters. The molecule has 19 heavy (non-hydrogen) atoms. The quantitative estimate of drug-likeness (QED) is 0.853. The van der Waals surface area contributed by atoms with Crippen molar-refractivity contribution in [3.8, 4) is 0 Å². The minimum atomic E-state index is -0.650. The predicted octanol–water partition coefficient (Wildman–Crippen LogP) is 3.98. The van der Waals surface area contributed by atoms with Crippen molar-refractivity contribution in [2.75, 3.05) is 12.4 Å². The number of rotatable bonds is 4. The van der Waals surface area contributed by atoms with E-state index in [2.05, 4.69) is 21.2 Å². The number of ether oxygens (including phenoxy) is 1. The van der Waals surface area contributed by atoms with Crippen molar-refractivity contribution in [1.29, 1.82) is 0 Å². The summed E-state index contributed by atoms with van der Waals surface area (Å²) in [7, 11) is 1.32. The van der Waals surface area contributed by atoms with E-state index in [1.165, 1.54) is 30.6 Å². The fraction of sp³-hybridized carbons (Fsp3) is 0.154. The summed E-state index contributed by atoms with van der Waals surface area (Å²) in [6.45, 7) is 0. The monoisotopic (exact) mass is 343 g/mol. The molecule has 2 aromatic rings. The van der Waals surface area contributed by atoms with E-state index < -0.39 is 12.0 Å². The van der Waals surface area contributed by atoms with Crippen LogP contribution in [-0.4, -0.2) is 13.1 Å². The van der Waals surface area contributed by atoms with E-state index in [1.807, 2.05) is 11.4 Å². The lowest BCUT2D eigenvalue weighted by Crippen LogP contribution is -2.21. The molecule has 1 unspecified atom stereocenters. The van der Waals surface area contributed by atoms with Gasteiger partial charge in [-0.05, 0) is 40.2 Å². The molecule has 0 aliphatic carbocycles. The van der Waals surface area contributed by atoms with E-state index in [0.29, 0.717) is 5.69 Å². The molecule has 0 aliphatic rings. The summed E-state index contributed by atoms with van der Waals surface area (Å²) in [5.41, 5.74) is 0.528. The molecule has 100 valence electrons. The first kappa shape index (κ1) is 14.0. The van der Waals surface area contributed by atoms with Crippen LogP contribution in [0.4, 0.5) is 10.1 Å². The SMILES string of the molecule is COC(=O)C(Nc1cccc(F)c1)c1cc(Br)cs1. The number of esters is 1. The van der Waals surface area contributed by atoms with Crippen LogP contribution in [0.15, 0.2) is 40.2 Å². The van der Waals surface area contributed by atoms with Crippen molar-refractivity contribution in [3.63, 3.8) is 0 Å². The first-order valence-electron chi connectivity index (χ1n) is 5.44. The van der Waals surface area contributed by atoms with Gasteiger partial charge in [0, 0.05) is 20.4 Å². The highest BCUT2D eigenvalue weighted by atomic mass is 79.9. The Hall–Kier alpha value is -1.40. The molecule has 0 bridgehead atoms. The van der Waals surface area contributed by atoms with E-state index in [0.717, 1.165) is 9.35 Å². The van der Waals surface area contributed by atoms with Gasteiger partial charge in [-0.2, -0.15) is 0 Å². The first-order chi connectivity index (χ1) is 9.10. The van der Waals surface area contributed by atoms with Gasteiger partial charge in [-0.15, -0.1) is 11.3 Å². The first-order valence-corrected chi connectivity index (χ1v) is 7.11. The van der Waals surface area contributed by atoms with Crippen molar-refractivity contribution < 1.29 is 13.9 Å². The van der Waals surface area contributed by atoms with Gasteiger partial charge in [-0.25, -0.2) is 9.18 Å². The highest BCUT2D eigenvalue weighted by molar-refractivity contribution is 9.10. The average Bonchev–Trinajstić information content (AvgIpc) is 2.81. The molecule has 1 aromatic carbocycles. The van der Waals surface area contributed by atoms with Crippen molar-refractivity contribution in [2.24, 2.45) is 0 Å². The molecule has 0 spiro atoms. The van der Waals surface area contributed by atoms with E-state index in [1.54, 1.807) is 12.1 Å². The van der Waals surface area contributed by atoms with Crippen LogP contribution in [0.3, 0.4) is 0 Å². The molecule has 0 saturated heterocycles. The Morgan fingerprint density at radius 2 is 2.26 bits per heavy atom. The van der Waals surface area contributed by atoms with Crippen LogP contribution in [0.25, 0.3) is 0 Å². The second-order valence-corrected chi connectivity index (χ2v) is 5.64. The largest absolute Gasteiger partial charge is 0.467 e. The van der Waals surface area contributed by atoms with Crippen LogP contribution >= 0.6 is 27.3 Å². The summed E-state index contributed by atoms with van der Waals surface area (Å²) in [5, 5.41) is 4.85. The van der Waals surface area contributed by atoms with Gasteiger partial charge in [-0.1, -0.05) is 6.07 Å². The van der Waals surface area contributed by atoms with Crippen LogP contribution in [0.2, 0.25) is 0 Å². The van der Waals surface area contributed by atoms with Crippen LogP contribution in [0.5, 0.6) is 0 Å². The number of anilines is 1. The molecule has 0 saturated carbocycles. The van der Waals surface area contributed by atoms with Gasteiger partial charge in [0.25, 0.3) is 0 Å². The number of hydrogen-bond donors (Lipinski definition) is 1. The predicted molar refractivity (Wildman–Crippen MR) is 76.8 cm³/mol. The van der Waals surface area contributed by atoms with Gasteiger partial charge in [0.1, 0.15) is 5.82 Å². The van der Waals surface area contributed by atoms with E-state index in [4.69, 9.17) is 4.74 Å². The Kier molecular flexibility index (Phi) is 4.55. The fourth-order valence-electron chi connectivity index (χ4n) is 1.59. The van der Waals surface area contributed by atoms with Gasteiger partial charge >= 0.3 is 5.97 Å². The third-order valence-electron chi connectivity index (χ3n) is 2.44. The average molecular weight is 344 g/mol. The zero-order chi connectivity index (χ0) is 13.8. The Balaban J connectivity index is 2.26. The standard InChI is InChI=1S/C13H11BrFNO2S/c1-18-13(17)12(11-5-8(14)7-19-11)16-10-4-2-3-9(15)6-10/h2-7,12,16H,1H3. The summed E-state index contributed by atoms with van der Waals surface area (Å²) in [4.78, 5) is 12.6. The van der Waals surface area contributed by atoms with Gasteiger partial charge in [0.05, 0.1) is 7.11 Å². The molecule has 0 aliphatic heterocycles. The molecule has 0 amide bonds. The van der Waals surface area contributed by atoms with Crippen LogP contribution < -0.4 is 5.32 Å². The summed E-state index contributed by atoms with van der Waals surface area (Å²) in [6, 6.07) is 7.14. The molecule has 6 heteroatoms. The van der Waals surface area contributed by atoms with Gasteiger partial charge in [-0.3, -0.25) is 0 Å². The number of thiophene rings is 1. The van der Waals surface area contributed by atoms with Gasteiger partial charge < -0.3 is 10.1 Å². The molecule has 0 fully saturated rings. The Labute approximate surface area is 122 Å². The number of benzene rings is 1. The molecule has 1 heterocycles. The molecule has 0 radical (unpaired) electrons. The van der Waals surface area contributed by atoms with Gasteiger partial charge in [0.15, 0.2) is 6.04 Å². The molecule has 1 aromatic heterocycles. The maximum atomic E-state index is 13.1. The molecular formula is C13H11BrFNO2S. The normalized spacial score (nSPS) is 11.9. The van der Waals surface area contributed by atoms with E-state index in [9.17, 15) is 9.18 Å². The zero-order valence-electron chi connectivity index (χ0n) is 10.0. The smallest absolute Gasteiger partial charge is 0.333 e. The molecular weight excluding hydrogens is 333 g/mol. The molecule has 2 rings (SSSR count). The second kappa shape index (κ2) is 6.16. The van der Waals surface area contributed by atoms with Crippen molar-refractivity contribution in [1.82, 2.24) is 0 Å². The van der Waals surface area contributed by atoms with Crippen LogP contribution in [0.1, 0.15) is 10.9 Å². The third kappa shape index (κ3) is 3.54. The Morgan fingerprint density at radius 1 is 1.47 bits per heavy atom. The summed E-state index contributed by atoms with van der Waals surface area (Å²) in [5.74, 6) is -0.778. The zero-order valence-corrected chi connectivity index (χ0v) is 12.4. The lowest BCUT2D eigenvalue weighted by Gasteiger charge is -2.16. The van der Waals surface area contributed by atoms with Crippen molar-refractivity contribution >= 4 is 38.9 Å². The fourth-order valence-corrected chi connectivity index (χ4v) is 3.07. The minimum absolute atomic E-state index is 0.360.